The Morgan fingerprint density at radius 2 is 0.718 bits per heavy atom. The smallest absolute Gasteiger partial charge is 0.268 e. The molecule has 0 saturated heterocycles. The van der Waals surface area contributed by atoms with Crippen molar-refractivity contribution in [2.75, 3.05) is 40.9 Å². The van der Waals surface area contributed by atoms with Gasteiger partial charge in [-0.3, -0.25) is 9.36 Å². The number of hydrogen-bond acceptors (Lipinski definition) is 6. The topological polar surface area (TPSA) is 108 Å². The highest BCUT2D eigenvalue weighted by Crippen LogP contribution is 2.38. The summed E-state index contributed by atoms with van der Waals surface area (Å²) in [7, 11) is 1.25. The second-order valence-electron chi connectivity index (χ2n) is 24.9. The van der Waals surface area contributed by atoms with Gasteiger partial charge in [0.15, 0.2) is 0 Å². The van der Waals surface area contributed by atoms with Gasteiger partial charge in [-0.15, -0.1) is 0 Å². The van der Waals surface area contributed by atoms with Crippen LogP contribution in [0.15, 0.2) is 36.5 Å². The lowest BCUT2D eigenvalue weighted by atomic mass is 10.0. The number of likely N-dealkylation sites (N-methyl/N-ethyl adjacent to an activating group) is 1. The summed E-state index contributed by atoms with van der Waals surface area (Å²) in [6.45, 7) is 4.65. The first-order chi connectivity index (χ1) is 38.0. The first kappa shape index (κ1) is 76.7. The fraction of sp³-hybridized carbons (Fsp3) is 0.899. The van der Waals surface area contributed by atoms with E-state index in [1.54, 1.807) is 6.08 Å². The van der Waals surface area contributed by atoms with E-state index in [1.165, 1.54) is 283 Å². The average molecular weight is 1120 g/mol. The van der Waals surface area contributed by atoms with E-state index in [9.17, 15) is 19.4 Å². The van der Waals surface area contributed by atoms with E-state index in [2.05, 4.69) is 43.5 Å². The normalized spacial score (nSPS) is 13.9. The van der Waals surface area contributed by atoms with Crippen molar-refractivity contribution < 1.29 is 32.9 Å². The highest BCUT2D eigenvalue weighted by atomic mass is 31.2. The Balaban J connectivity index is 3.88. The quantitative estimate of drug-likeness (QED) is 0.0272. The van der Waals surface area contributed by atoms with E-state index in [-0.39, 0.29) is 12.5 Å². The van der Waals surface area contributed by atoms with Gasteiger partial charge in [-0.1, -0.05) is 333 Å². The number of rotatable bonds is 64. The van der Waals surface area contributed by atoms with Gasteiger partial charge in [0.1, 0.15) is 13.2 Å². The Morgan fingerprint density at radius 3 is 1.04 bits per heavy atom. The number of nitrogens with one attached hydrogen (secondary N) is 1. The highest BCUT2D eigenvalue weighted by Gasteiger charge is 2.23. The first-order valence-corrected chi connectivity index (χ1v) is 35.8. The molecular formula is C69H135N2O6P. The Labute approximate surface area is 487 Å². The predicted octanol–water partition coefficient (Wildman–Crippen LogP) is 21.0. The van der Waals surface area contributed by atoms with Crippen LogP contribution in [0.5, 0.6) is 0 Å². The number of carbonyl (C=O) groups excluding carboxylic acids is 1. The number of phosphoric acid groups is 1. The van der Waals surface area contributed by atoms with Crippen molar-refractivity contribution >= 4 is 13.7 Å². The van der Waals surface area contributed by atoms with Crippen LogP contribution in [0.25, 0.3) is 0 Å². The molecule has 0 fully saturated rings. The number of aliphatic hydroxyl groups is 1. The van der Waals surface area contributed by atoms with Crippen LogP contribution in [0.1, 0.15) is 348 Å². The fourth-order valence-electron chi connectivity index (χ4n) is 10.5. The minimum absolute atomic E-state index is 0.00738. The standard InChI is InChI=1S/C69H135N2O6P/c1-6-8-10-12-14-16-18-20-22-24-25-26-27-28-29-30-31-32-33-34-35-36-37-38-39-40-41-42-43-44-45-46-47-49-51-53-55-57-59-61-63-69(73)70-67(66-77-78(74,75)76-65-64-71(3,4)5)68(72)62-60-58-56-54-52-50-48-23-21-19-17-15-13-11-9-7-2/h21,23,52,54,60,62,67-68,72H,6-20,22,24-51,53,55-59,61,63-66H2,1-5H3,(H-,70,73,74,75)/b23-21+,54-52+,62-60+. The number of amides is 1. The number of aliphatic hydroxyl groups excluding tert-OH is 1. The lowest BCUT2D eigenvalue weighted by molar-refractivity contribution is -0.870. The molecule has 8 nitrogen and oxygen atoms in total. The van der Waals surface area contributed by atoms with Gasteiger partial charge < -0.3 is 28.8 Å². The van der Waals surface area contributed by atoms with E-state index in [1.807, 2.05) is 27.2 Å². The highest BCUT2D eigenvalue weighted by molar-refractivity contribution is 7.45. The molecule has 3 unspecified atom stereocenters. The summed E-state index contributed by atoms with van der Waals surface area (Å²) >= 11 is 0. The number of quaternary nitrogens is 1. The van der Waals surface area contributed by atoms with Crippen molar-refractivity contribution in [1.29, 1.82) is 0 Å². The molecule has 0 radical (unpaired) electrons. The lowest BCUT2D eigenvalue weighted by Crippen LogP contribution is -2.45. The molecule has 462 valence electrons. The molecular weight excluding hydrogens is 984 g/mol. The van der Waals surface area contributed by atoms with E-state index in [0.717, 1.165) is 44.9 Å². The molecule has 0 spiro atoms. The molecule has 78 heavy (non-hydrogen) atoms. The third-order valence-corrected chi connectivity index (χ3v) is 16.8. The lowest BCUT2D eigenvalue weighted by Gasteiger charge is -2.29. The minimum atomic E-state index is -4.61. The zero-order valence-electron chi connectivity index (χ0n) is 52.9. The van der Waals surface area contributed by atoms with Crippen LogP contribution >= 0.6 is 7.82 Å². The number of unbranched alkanes of at least 4 members (excludes halogenated alkanes) is 47. The zero-order chi connectivity index (χ0) is 57.0. The van der Waals surface area contributed by atoms with Crippen LogP contribution in [0.3, 0.4) is 0 Å². The molecule has 0 aliphatic heterocycles. The Kier molecular flexibility index (Phi) is 59.3. The van der Waals surface area contributed by atoms with Crippen LogP contribution in [-0.4, -0.2) is 68.5 Å². The summed E-state index contributed by atoms with van der Waals surface area (Å²) in [6.07, 6.45) is 80.1. The second kappa shape index (κ2) is 60.3. The summed E-state index contributed by atoms with van der Waals surface area (Å²) < 4.78 is 23.4. The molecule has 0 bridgehead atoms. The molecule has 0 saturated carbocycles. The Hall–Kier alpha value is -1.28. The molecule has 0 aromatic carbocycles. The van der Waals surface area contributed by atoms with E-state index in [4.69, 9.17) is 9.05 Å². The molecule has 0 rings (SSSR count). The summed E-state index contributed by atoms with van der Waals surface area (Å²) in [6, 6.07) is -0.908. The molecule has 2 N–H and O–H groups in total. The molecule has 1 amide bonds. The maximum Gasteiger partial charge on any atom is 0.268 e. The number of carbonyl (C=O) groups is 1. The van der Waals surface area contributed by atoms with Crippen molar-refractivity contribution in [3.8, 4) is 0 Å². The van der Waals surface area contributed by atoms with Crippen LogP contribution in [-0.2, 0) is 18.4 Å². The van der Waals surface area contributed by atoms with E-state index >= 15 is 0 Å². The molecule has 3 atom stereocenters. The number of phosphoric ester groups is 1. The average Bonchev–Trinajstić information content (AvgIpc) is 3.41. The van der Waals surface area contributed by atoms with E-state index in [0.29, 0.717) is 17.4 Å². The van der Waals surface area contributed by atoms with Crippen molar-refractivity contribution in [2.24, 2.45) is 0 Å². The summed E-state index contributed by atoms with van der Waals surface area (Å²) in [5.74, 6) is -0.205. The van der Waals surface area contributed by atoms with Crippen LogP contribution < -0.4 is 10.2 Å². The van der Waals surface area contributed by atoms with Crippen molar-refractivity contribution in [2.45, 2.75) is 360 Å². The molecule has 0 aromatic rings. The number of allylic oxidation sites excluding steroid dienone is 5. The van der Waals surface area contributed by atoms with Crippen molar-refractivity contribution in [3.63, 3.8) is 0 Å². The third kappa shape index (κ3) is 62.3. The molecule has 9 heteroatoms. The van der Waals surface area contributed by atoms with E-state index < -0.39 is 26.6 Å². The molecule has 0 aromatic heterocycles. The summed E-state index contributed by atoms with van der Waals surface area (Å²) in [4.78, 5) is 25.5. The van der Waals surface area contributed by atoms with Crippen LogP contribution in [0.2, 0.25) is 0 Å². The first-order valence-electron chi connectivity index (χ1n) is 34.4. The third-order valence-electron chi connectivity index (χ3n) is 15.8. The number of nitrogens with zero attached hydrogens (tertiary/aromatic N) is 1. The maximum absolute atomic E-state index is 13.0. The van der Waals surface area contributed by atoms with Crippen LogP contribution in [0.4, 0.5) is 0 Å². The van der Waals surface area contributed by atoms with Gasteiger partial charge in [0.05, 0.1) is 39.9 Å². The van der Waals surface area contributed by atoms with Gasteiger partial charge in [0.25, 0.3) is 7.82 Å². The Morgan fingerprint density at radius 1 is 0.436 bits per heavy atom. The van der Waals surface area contributed by atoms with Gasteiger partial charge >= 0.3 is 0 Å². The van der Waals surface area contributed by atoms with Crippen LogP contribution in [0, 0.1) is 0 Å². The molecule has 0 aliphatic rings. The minimum Gasteiger partial charge on any atom is -0.756 e. The Bertz CT molecular complexity index is 1360. The van der Waals surface area contributed by atoms with Crippen molar-refractivity contribution in [3.05, 3.63) is 36.5 Å². The number of hydrogen-bond donors (Lipinski definition) is 2. The molecule has 0 aliphatic carbocycles. The van der Waals surface area contributed by atoms with Gasteiger partial charge in [-0.25, -0.2) is 0 Å². The SMILES string of the molecule is CCCCCCCC/C=C/CC/C=C/CC/C=C/C(O)C(COP(=O)([O-])OCC[N+](C)(C)C)NC(=O)CCCCCCCCCCCCCCCCCCCCCCCCCCCCCCCCCCCCCCCCCC. The van der Waals surface area contributed by atoms with Gasteiger partial charge in [-0.2, -0.15) is 0 Å². The summed E-state index contributed by atoms with van der Waals surface area (Å²) in [5, 5.41) is 13.9. The van der Waals surface area contributed by atoms with Crippen molar-refractivity contribution in [1.82, 2.24) is 5.32 Å². The monoisotopic (exact) mass is 1120 g/mol. The second-order valence-corrected chi connectivity index (χ2v) is 26.3. The predicted molar refractivity (Wildman–Crippen MR) is 339 cm³/mol. The maximum atomic E-state index is 13.0. The zero-order valence-corrected chi connectivity index (χ0v) is 53.8. The van der Waals surface area contributed by atoms with Gasteiger partial charge in [0, 0.05) is 6.42 Å². The van der Waals surface area contributed by atoms with Gasteiger partial charge in [0.2, 0.25) is 5.91 Å². The van der Waals surface area contributed by atoms with Gasteiger partial charge in [-0.05, 0) is 44.9 Å². The summed E-state index contributed by atoms with van der Waals surface area (Å²) in [5.41, 5.74) is 0. The largest absolute Gasteiger partial charge is 0.756 e. The molecule has 0 heterocycles. The fourth-order valence-corrected chi connectivity index (χ4v) is 11.2.